The summed E-state index contributed by atoms with van der Waals surface area (Å²) in [6.07, 6.45) is 3.48. The predicted molar refractivity (Wildman–Crippen MR) is 106 cm³/mol. The van der Waals surface area contributed by atoms with E-state index in [2.05, 4.69) is 5.10 Å². The Kier molecular flexibility index (Phi) is 4.15. The number of hydrogen-bond acceptors (Lipinski definition) is 5. The largest absolute Gasteiger partial charge is 0.422 e. The van der Waals surface area contributed by atoms with Crippen LogP contribution >= 0.6 is 0 Å². The highest BCUT2D eigenvalue weighted by Crippen LogP contribution is 2.37. The van der Waals surface area contributed by atoms with E-state index < -0.39 is 5.63 Å². The number of rotatable bonds is 3. The fourth-order valence-corrected chi connectivity index (χ4v) is 4.18. The number of para-hydroxylation sites is 1. The van der Waals surface area contributed by atoms with Gasteiger partial charge in [0.1, 0.15) is 17.0 Å². The Morgan fingerprint density at radius 2 is 1.83 bits per heavy atom. The minimum absolute atomic E-state index is 0.0604. The molecular weight excluding hydrogens is 372 g/mol. The number of likely N-dealkylation sites (tertiary alicyclic amines) is 1. The van der Waals surface area contributed by atoms with Crippen molar-refractivity contribution in [2.24, 2.45) is 7.05 Å². The van der Waals surface area contributed by atoms with Crippen LogP contribution in [-0.2, 0) is 7.05 Å². The number of carbonyl (C=O) groups is 1. The van der Waals surface area contributed by atoms with E-state index in [1.54, 1.807) is 30.1 Å². The molecule has 1 aliphatic carbocycles. The van der Waals surface area contributed by atoms with Crippen LogP contribution in [0, 0.1) is 0 Å². The molecule has 0 spiro atoms. The van der Waals surface area contributed by atoms with E-state index in [9.17, 15) is 14.4 Å². The Labute approximate surface area is 166 Å². The molecule has 0 unspecified atom stereocenters. The van der Waals surface area contributed by atoms with Gasteiger partial charge in [-0.15, -0.1) is 0 Å². The molecular formula is C21H22N4O4. The van der Waals surface area contributed by atoms with Crippen molar-refractivity contribution in [3.05, 3.63) is 62.6 Å². The first-order valence-electron chi connectivity index (χ1n) is 10.0. The standard InChI is InChI=1S/C21H22N4O4/c1-23-21(28)25(15-6-7-15)18(22-23)13-8-10-24(11-9-13)19(26)16-12-14-4-2-3-5-17(14)29-20(16)27/h2-5,12-13,15H,6-11H2,1H3. The van der Waals surface area contributed by atoms with E-state index in [0.717, 1.165) is 24.1 Å². The maximum absolute atomic E-state index is 12.9. The Morgan fingerprint density at radius 1 is 1.10 bits per heavy atom. The number of aryl methyl sites for hydroxylation is 1. The lowest BCUT2D eigenvalue weighted by Crippen LogP contribution is -2.40. The molecule has 2 aromatic heterocycles. The highest BCUT2D eigenvalue weighted by atomic mass is 16.4. The summed E-state index contributed by atoms with van der Waals surface area (Å²) in [5.41, 5.74) is -0.131. The lowest BCUT2D eigenvalue weighted by atomic mass is 9.95. The number of amides is 1. The second-order valence-electron chi connectivity index (χ2n) is 7.92. The molecule has 0 radical (unpaired) electrons. The highest BCUT2D eigenvalue weighted by Gasteiger charge is 2.34. The molecule has 1 saturated carbocycles. The van der Waals surface area contributed by atoms with Crippen LogP contribution in [0.1, 0.15) is 53.8 Å². The van der Waals surface area contributed by atoms with E-state index in [0.29, 0.717) is 31.5 Å². The van der Waals surface area contributed by atoms with E-state index in [-0.39, 0.29) is 29.1 Å². The summed E-state index contributed by atoms with van der Waals surface area (Å²) in [5.74, 6) is 0.669. The van der Waals surface area contributed by atoms with Gasteiger partial charge in [-0.2, -0.15) is 5.10 Å². The fraction of sp³-hybridized carbons (Fsp3) is 0.429. The summed E-state index contributed by atoms with van der Waals surface area (Å²) in [4.78, 5) is 39.3. The molecule has 1 aliphatic heterocycles. The third-order valence-electron chi connectivity index (χ3n) is 5.91. The van der Waals surface area contributed by atoms with Crippen molar-refractivity contribution in [3.8, 4) is 0 Å². The summed E-state index contributed by atoms with van der Waals surface area (Å²) in [7, 11) is 1.68. The van der Waals surface area contributed by atoms with Gasteiger partial charge >= 0.3 is 11.3 Å². The zero-order valence-electron chi connectivity index (χ0n) is 16.2. The molecule has 1 aromatic carbocycles. The van der Waals surface area contributed by atoms with Crippen molar-refractivity contribution in [1.29, 1.82) is 0 Å². The quantitative estimate of drug-likeness (QED) is 0.634. The van der Waals surface area contributed by atoms with E-state index >= 15 is 0 Å². The first-order valence-corrected chi connectivity index (χ1v) is 10.0. The monoisotopic (exact) mass is 394 g/mol. The van der Waals surface area contributed by atoms with Crippen molar-refractivity contribution in [2.45, 2.75) is 37.6 Å². The van der Waals surface area contributed by atoms with Gasteiger partial charge in [-0.1, -0.05) is 18.2 Å². The van der Waals surface area contributed by atoms with Gasteiger partial charge in [0.05, 0.1) is 0 Å². The van der Waals surface area contributed by atoms with Crippen LogP contribution < -0.4 is 11.3 Å². The van der Waals surface area contributed by atoms with Crippen LogP contribution in [-0.4, -0.2) is 38.2 Å². The SMILES string of the molecule is Cn1nc(C2CCN(C(=O)c3cc4ccccc4oc3=O)CC2)n(C2CC2)c1=O. The third-order valence-corrected chi connectivity index (χ3v) is 5.91. The Morgan fingerprint density at radius 3 is 2.55 bits per heavy atom. The van der Waals surface area contributed by atoms with Crippen molar-refractivity contribution in [1.82, 2.24) is 19.2 Å². The van der Waals surface area contributed by atoms with E-state index in [4.69, 9.17) is 4.42 Å². The Bertz CT molecular complexity index is 1210. The van der Waals surface area contributed by atoms with Gasteiger partial charge in [-0.25, -0.2) is 14.3 Å². The second kappa shape index (κ2) is 6.72. The molecule has 3 heterocycles. The van der Waals surface area contributed by atoms with Gasteiger partial charge in [0.25, 0.3) is 5.91 Å². The van der Waals surface area contributed by atoms with Gasteiger partial charge < -0.3 is 9.32 Å². The summed E-state index contributed by atoms with van der Waals surface area (Å²) >= 11 is 0. The van der Waals surface area contributed by atoms with Crippen LogP contribution in [0.3, 0.4) is 0 Å². The van der Waals surface area contributed by atoms with Crippen LogP contribution in [0.2, 0.25) is 0 Å². The van der Waals surface area contributed by atoms with Gasteiger partial charge in [0.15, 0.2) is 0 Å². The van der Waals surface area contributed by atoms with E-state index in [1.165, 1.54) is 4.68 Å². The average Bonchev–Trinajstić information content (AvgIpc) is 3.52. The van der Waals surface area contributed by atoms with E-state index in [1.807, 2.05) is 16.7 Å². The number of fused-ring (bicyclic) bond motifs is 1. The molecule has 1 amide bonds. The molecule has 2 aliphatic rings. The molecule has 0 bridgehead atoms. The molecule has 3 aromatic rings. The number of carbonyl (C=O) groups excluding carboxylic acids is 1. The molecule has 0 atom stereocenters. The van der Waals surface area contributed by atoms with Crippen molar-refractivity contribution >= 4 is 16.9 Å². The number of hydrogen-bond donors (Lipinski definition) is 0. The van der Waals surface area contributed by atoms with Crippen molar-refractivity contribution < 1.29 is 9.21 Å². The minimum atomic E-state index is -0.608. The summed E-state index contributed by atoms with van der Waals surface area (Å²) in [6.45, 7) is 1.04. The first kappa shape index (κ1) is 17.9. The lowest BCUT2D eigenvalue weighted by Gasteiger charge is -2.31. The number of piperidine rings is 1. The molecule has 8 nitrogen and oxygen atoms in total. The topological polar surface area (TPSA) is 90.3 Å². The average molecular weight is 394 g/mol. The third kappa shape index (κ3) is 3.08. The summed E-state index contributed by atoms with van der Waals surface area (Å²) < 4.78 is 8.55. The van der Waals surface area contributed by atoms with Crippen molar-refractivity contribution in [3.63, 3.8) is 0 Å². The smallest absolute Gasteiger partial charge is 0.349 e. The van der Waals surface area contributed by atoms with Crippen LogP contribution in [0.15, 0.2) is 44.3 Å². The van der Waals surface area contributed by atoms with Crippen molar-refractivity contribution in [2.75, 3.05) is 13.1 Å². The first-order chi connectivity index (χ1) is 14.0. The van der Waals surface area contributed by atoms with Gasteiger partial charge in [-0.3, -0.25) is 9.36 Å². The number of benzene rings is 1. The zero-order chi connectivity index (χ0) is 20.1. The fourth-order valence-electron chi connectivity index (χ4n) is 4.18. The van der Waals surface area contributed by atoms with Crippen LogP contribution in [0.5, 0.6) is 0 Å². The zero-order valence-corrected chi connectivity index (χ0v) is 16.2. The maximum atomic E-state index is 12.9. The molecule has 150 valence electrons. The van der Waals surface area contributed by atoms with Crippen LogP contribution in [0.25, 0.3) is 11.0 Å². The van der Waals surface area contributed by atoms with Gasteiger partial charge in [0.2, 0.25) is 0 Å². The predicted octanol–water partition coefficient (Wildman–Crippen LogP) is 2.04. The molecule has 0 N–H and O–H groups in total. The molecule has 8 heteroatoms. The molecule has 1 saturated heterocycles. The molecule has 5 rings (SSSR count). The highest BCUT2D eigenvalue weighted by molar-refractivity contribution is 5.96. The second-order valence-corrected chi connectivity index (χ2v) is 7.92. The van der Waals surface area contributed by atoms with Gasteiger partial charge in [0, 0.05) is 37.5 Å². The number of nitrogens with zero attached hydrogens (tertiary/aromatic N) is 4. The Hall–Kier alpha value is -3.16. The molecule has 29 heavy (non-hydrogen) atoms. The number of aromatic nitrogens is 3. The Balaban J connectivity index is 1.35. The minimum Gasteiger partial charge on any atom is -0.422 e. The molecule has 2 fully saturated rings. The normalized spacial score (nSPS) is 17.8. The lowest BCUT2D eigenvalue weighted by molar-refractivity contribution is 0.0706. The summed E-state index contributed by atoms with van der Waals surface area (Å²) in [5, 5.41) is 5.20. The maximum Gasteiger partial charge on any atom is 0.349 e. The van der Waals surface area contributed by atoms with Crippen LogP contribution in [0.4, 0.5) is 0 Å². The summed E-state index contributed by atoms with van der Waals surface area (Å²) in [6, 6.07) is 9.04. The van der Waals surface area contributed by atoms with Gasteiger partial charge in [-0.05, 0) is 37.8 Å².